The van der Waals surface area contributed by atoms with Crippen molar-refractivity contribution in [2.24, 2.45) is 0 Å². The molecule has 228 valence electrons. The first kappa shape index (κ1) is 28.2. The van der Waals surface area contributed by atoms with Gasteiger partial charge in [-0.1, -0.05) is 86.0 Å². The van der Waals surface area contributed by atoms with Gasteiger partial charge in [0.25, 0.3) is 0 Å². The molecule has 5 nitrogen and oxygen atoms in total. The van der Waals surface area contributed by atoms with Gasteiger partial charge in [0.15, 0.2) is 11.6 Å². The molecular formula is C41H33N5S. The Hall–Kier alpha value is -5.07. The number of pyridine rings is 2. The molecular weight excluding hydrogens is 595 g/mol. The molecule has 6 heteroatoms. The number of nitrogens with zero attached hydrogens (tertiary/aromatic N) is 5. The first-order valence-electron chi connectivity index (χ1n) is 16.7. The second-order valence-corrected chi connectivity index (χ2v) is 13.7. The van der Waals surface area contributed by atoms with Crippen LogP contribution in [-0.2, 0) is 0 Å². The lowest BCUT2D eigenvalue weighted by atomic mass is 9.88. The van der Waals surface area contributed by atoms with Gasteiger partial charge in [-0.05, 0) is 78.1 Å². The maximum absolute atomic E-state index is 5.11. The number of hydrogen-bond acceptors (Lipinski definition) is 6. The van der Waals surface area contributed by atoms with Gasteiger partial charge in [-0.15, -0.1) is 11.3 Å². The lowest BCUT2D eigenvalue weighted by Crippen LogP contribution is -2.12. The molecule has 7 aromatic rings. The average Bonchev–Trinajstić information content (AvgIpc) is 3.54. The van der Waals surface area contributed by atoms with Crippen molar-refractivity contribution in [1.82, 2.24) is 24.9 Å². The van der Waals surface area contributed by atoms with E-state index >= 15 is 0 Å². The lowest BCUT2D eigenvalue weighted by Gasteiger charge is -2.21. The smallest absolute Gasteiger partial charge is 0.163 e. The lowest BCUT2D eigenvalue weighted by molar-refractivity contribution is 0.427. The van der Waals surface area contributed by atoms with Crippen molar-refractivity contribution in [2.75, 3.05) is 0 Å². The van der Waals surface area contributed by atoms with Crippen LogP contribution in [0.3, 0.4) is 0 Å². The minimum atomic E-state index is 0.406. The zero-order valence-corrected chi connectivity index (χ0v) is 26.9. The highest BCUT2D eigenvalue weighted by Crippen LogP contribution is 2.40. The number of allylic oxidation sites excluding steroid dienone is 4. The Morgan fingerprint density at radius 2 is 1.47 bits per heavy atom. The molecule has 0 atom stereocenters. The van der Waals surface area contributed by atoms with Crippen LogP contribution in [0, 0.1) is 0 Å². The highest BCUT2D eigenvalue weighted by molar-refractivity contribution is 7.26. The molecule has 0 saturated heterocycles. The maximum Gasteiger partial charge on any atom is 0.163 e. The SMILES string of the molecule is C1=CCCC(c2nc(-c3cccc(-c4ccc5c(-c6nccc7c6sc6ccccc67)nccc5c4)c3)nc(C3CCCCC3)n2)=C1. The summed E-state index contributed by atoms with van der Waals surface area (Å²) in [7, 11) is 0. The van der Waals surface area contributed by atoms with Crippen molar-refractivity contribution in [3.8, 4) is 33.9 Å². The van der Waals surface area contributed by atoms with Gasteiger partial charge in [-0.25, -0.2) is 15.0 Å². The summed E-state index contributed by atoms with van der Waals surface area (Å²) in [6.07, 6.45) is 18.4. The highest BCUT2D eigenvalue weighted by atomic mass is 32.1. The third kappa shape index (κ3) is 5.23. The number of thiophene rings is 1. The van der Waals surface area contributed by atoms with Crippen LogP contribution >= 0.6 is 11.3 Å². The molecule has 0 N–H and O–H groups in total. The van der Waals surface area contributed by atoms with Crippen LogP contribution in [0.2, 0.25) is 0 Å². The van der Waals surface area contributed by atoms with E-state index in [1.807, 2.05) is 12.4 Å². The molecule has 3 aromatic carbocycles. The Balaban J connectivity index is 1.11. The number of fused-ring (bicyclic) bond motifs is 4. The quantitative estimate of drug-likeness (QED) is 0.190. The second kappa shape index (κ2) is 11.9. The fraction of sp³-hybridized carbons (Fsp3) is 0.195. The average molecular weight is 628 g/mol. The molecule has 0 aliphatic heterocycles. The van der Waals surface area contributed by atoms with Crippen molar-refractivity contribution in [3.63, 3.8) is 0 Å². The van der Waals surface area contributed by atoms with E-state index in [0.29, 0.717) is 5.92 Å². The van der Waals surface area contributed by atoms with Crippen molar-refractivity contribution >= 4 is 47.9 Å². The van der Waals surface area contributed by atoms with E-state index in [2.05, 4.69) is 97.1 Å². The summed E-state index contributed by atoms with van der Waals surface area (Å²) < 4.78 is 2.44. The van der Waals surface area contributed by atoms with Gasteiger partial charge >= 0.3 is 0 Å². The molecule has 1 fully saturated rings. The molecule has 4 heterocycles. The Kier molecular flexibility index (Phi) is 7.16. The summed E-state index contributed by atoms with van der Waals surface area (Å²) in [6, 6.07) is 28.1. The maximum atomic E-state index is 5.11. The van der Waals surface area contributed by atoms with Crippen LogP contribution in [0.5, 0.6) is 0 Å². The largest absolute Gasteiger partial charge is 0.254 e. The number of aromatic nitrogens is 5. The Morgan fingerprint density at radius 1 is 0.638 bits per heavy atom. The minimum absolute atomic E-state index is 0.406. The molecule has 1 saturated carbocycles. The third-order valence-corrected chi connectivity index (χ3v) is 10.9. The fourth-order valence-corrected chi connectivity index (χ4v) is 8.39. The zero-order valence-electron chi connectivity index (χ0n) is 26.1. The van der Waals surface area contributed by atoms with Gasteiger partial charge in [0.05, 0.1) is 10.4 Å². The Morgan fingerprint density at radius 3 is 2.38 bits per heavy atom. The van der Waals surface area contributed by atoms with Crippen LogP contribution in [0.25, 0.3) is 70.4 Å². The summed E-state index contributed by atoms with van der Waals surface area (Å²) in [5.74, 6) is 2.96. The van der Waals surface area contributed by atoms with Gasteiger partial charge in [0, 0.05) is 44.7 Å². The van der Waals surface area contributed by atoms with E-state index in [4.69, 9.17) is 24.9 Å². The predicted octanol–water partition coefficient (Wildman–Crippen LogP) is 11.0. The van der Waals surface area contributed by atoms with Gasteiger partial charge in [-0.2, -0.15) is 0 Å². The van der Waals surface area contributed by atoms with Crippen molar-refractivity contribution in [3.05, 3.63) is 121 Å². The molecule has 0 bridgehead atoms. The van der Waals surface area contributed by atoms with E-state index in [1.165, 1.54) is 45.0 Å². The summed E-state index contributed by atoms with van der Waals surface area (Å²) in [6.45, 7) is 0. The van der Waals surface area contributed by atoms with Crippen molar-refractivity contribution in [2.45, 2.75) is 50.9 Å². The molecule has 4 aromatic heterocycles. The van der Waals surface area contributed by atoms with Gasteiger partial charge in [0.1, 0.15) is 11.5 Å². The van der Waals surface area contributed by atoms with Crippen LogP contribution < -0.4 is 0 Å². The van der Waals surface area contributed by atoms with E-state index in [0.717, 1.165) is 82.0 Å². The summed E-state index contributed by atoms with van der Waals surface area (Å²) in [4.78, 5) is 24.9. The van der Waals surface area contributed by atoms with Crippen molar-refractivity contribution < 1.29 is 0 Å². The van der Waals surface area contributed by atoms with E-state index < -0.39 is 0 Å². The standard InChI is InChI=1S/C41H33N5S/c1-3-10-26(11-4-1)39-44-40(27-12-5-2-6-13-27)46-41(45-39)31-15-9-14-28(25-31)29-18-19-32-30(24-29)20-22-42-36(32)37-38-34(21-23-43-37)33-16-7-8-17-35(33)47-38/h1,3,7-10,14-25,27H,2,4-6,11-13H2. The van der Waals surface area contributed by atoms with E-state index in [-0.39, 0.29) is 0 Å². The van der Waals surface area contributed by atoms with E-state index in [9.17, 15) is 0 Å². The second-order valence-electron chi connectivity index (χ2n) is 12.6. The molecule has 0 radical (unpaired) electrons. The van der Waals surface area contributed by atoms with Crippen molar-refractivity contribution in [1.29, 1.82) is 0 Å². The summed E-state index contributed by atoms with van der Waals surface area (Å²) >= 11 is 1.79. The molecule has 47 heavy (non-hydrogen) atoms. The van der Waals surface area contributed by atoms with Crippen LogP contribution in [0.15, 0.2) is 109 Å². The Bertz CT molecular complexity index is 2360. The third-order valence-electron chi connectivity index (χ3n) is 9.66. The van der Waals surface area contributed by atoms with Crippen LogP contribution in [0.4, 0.5) is 0 Å². The molecule has 9 rings (SSSR count). The monoisotopic (exact) mass is 627 g/mol. The number of hydrogen-bond donors (Lipinski definition) is 0. The predicted molar refractivity (Wildman–Crippen MR) is 194 cm³/mol. The van der Waals surface area contributed by atoms with Crippen LogP contribution in [0.1, 0.15) is 62.5 Å². The molecule has 0 unspecified atom stereocenters. The zero-order chi connectivity index (χ0) is 31.2. The molecule has 2 aliphatic carbocycles. The van der Waals surface area contributed by atoms with Crippen LogP contribution in [-0.4, -0.2) is 24.9 Å². The first-order chi connectivity index (χ1) is 23.3. The van der Waals surface area contributed by atoms with Gasteiger partial charge < -0.3 is 0 Å². The summed E-state index contributed by atoms with van der Waals surface area (Å²) in [5.41, 5.74) is 6.35. The van der Waals surface area contributed by atoms with Gasteiger partial charge in [-0.3, -0.25) is 9.97 Å². The number of benzene rings is 3. The summed E-state index contributed by atoms with van der Waals surface area (Å²) in [5, 5.41) is 4.73. The topological polar surface area (TPSA) is 64.5 Å². The molecule has 0 spiro atoms. The minimum Gasteiger partial charge on any atom is -0.254 e. The molecule has 0 amide bonds. The van der Waals surface area contributed by atoms with E-state index in [1.54, 1.807) is 11.3 Å². The van der Waals surface area contributed by atoms with Gasteiger partial charge in [0.2, 0.25) is 0 Å². The molecule has 2 aliphatic rings. The number of rotatable bonds is 5. The highest BCUT2D eigenvalue weighted by Gasteiger charge is 2.22. The normalized spacial score (nSPS) is 15.4. The fourth-order valence-electron chi connectivity index (χ4n) is 7.20. The first-order valence-corrected chi connectivity index (χ1v) is 17.5. The Labute approximate surface area is 277 Å².